The van der Waals surface area contributed by atoms with Crippen LogP contribution in [0.2, 0.25) is 0 Å². The van der Waals surface area contributed by atoms with E-state index in [-0.39, 0.29) is 11.9 Å². The number of aryl methyl sites for hydroxylation is 1. The summed E-state index contributed by atoms with van der Waals surface area (Å²) < 4.78 is 14.0. The molecule has 0 saturated heterocycles. The van der Waals surface area contributed by atoms with Gasteiger partial charge in [-0.15, -0.1) is 0 Å². The van der Waals surface area contributed by atoms with E-state index < -0.39 is 0 Å². The Hall–Kier alpha value is -1.60. The molecule has 21 heavy (non-hydrogen) atoms. The molecule has 3 nitrogen and oxygen atoms in total. The molecule has 0 aliphatic heterocycles. The van der Waals surface area contributed by atoms with E-state index in [1.54, 1.807) is 13.0 Å². The topological polar surface area (TPSA) is 39.1 Å². The third-order valence-corrected chi connectivity index (χ3v) is 4.05. The minimum Gasteiger partial charge on any atom is -0.367 e. The molecule has 1 atom stereocenters. The average molecular weight is 289 g/mol. The Morgan fingerprint density at radius 1 is 1.48 bits per heavy atom. The maximum Gasteiger partial charge on any atom is 0.126 e. The highest BCUT2D eigenvalue weighted by atomic mass is 19.1. The quantitative estimate of drug-likeness (QED) is 0.832. The Kier molecular flexibility index (Phi) is 5.19. The maximum absolute atomic E-state index is 14.0. The highest BCUT2D eigenvalue weighted by molar-refractivity contribution is 5.58. The van der Waals surface area contributed by atoms with Gasteiger partial charge in [0.05, 0.1) is 12.5 Å². The molecule has 114 valence electrons. The van der Waals surface area contributed by atoms with Crippen LogP contribution in [0.5, 0.6) is 0 Å². The van der Waals surface area contributed by atoms with E-state index in [9.17, 15) is 4.39 Å². The van der Waals surface area contributed by atoms with Gasteiger partial charge >= 0.3 is 0 Å². The minimum absolute atomic E-state index is 0.100. The first-order chi connectivity index (χ1) is 10.1. The SMILES string of the molecule is CCNC(C)c1cc(F)c(C)cc1N(CCC#N)C1CC1. The fraction of sp³-hybridized carbons (Fsp3) is 0.588. The van der Waals surface area contributed by atoms with Crippen molar-refractivity contribution in [2.24, 2.45) is 0 Å². The minimum atomic E-state index is -0.158. The molecular weight excluding hydrogens is 265 g/mol. The summed E-state index contributed by atoms with van der Waals surface area (Å²) in [7, 11) is 0. The summed E-state index contributed by atoms with van der Waals surface area (Å²) in [6.07, 6.45) is 2.83. The van der Waals surface area contributed by atoms with Gasteiger partial charge in [0.25, 0.3) is 0 Å². The molecule has 0 aromatic heterocycles. The number of anilines is 1. The number of rotatable bonds is 7. The van der Waals surface area contributed by atoms with Gasteiger partial charge in [0.15, 0.2) is 0 Å². The van der Waals surface area contributed by atoms with Crippen LogP contribution in [0, 0.1) is 24.1 Å². The van der Waals surface area contributed by atoms with E-state index in [1.807, 2.05) is 6.07 Å². The Morgan fingerprint density at radius 2 is 2.19 bits per heavy atom. The number of hydrogen-bond donors (Lipinski definition) is 1. The number of nitrogens with zero attached hydrogens (tertiary/aromatic N) is 2. The van der Waals surface area contributed by atoms with Gasteiger partial charge in [-0.2, -0.15) is 5.26 Å². The lowest BCUT2D eigenvalue weighted by Gasteiger charge is -2.29. The third-order valence-electron chi connectivity index (χ3n) is 4.05. The number of nitrogens with one attached hydrogen (secondary N) is 1. The fourth-order valence-corrected chi connectivity index (χ4v) is 2.75. The Morgan fingerprint density at radius 3 is 2.76 bits per heavy atom. The zero-order valence-corrected chi connectivity index (χ0v) is 13.1. The molecule has 0 amide bonds. The van der Waals surface area contributed by atoms with Gasteiger partial charge in [-0.05, 0) is 56.5 Å². The highest BCUT2D eigenvalue weighted by Gasteiger charge is 2.31. The van der Waals surface area contributed by atoms with Crippen molar-refractivity contribution in [1.82, 2.24) is 5.32 Å². The van der Waals surface area contributed by atoms with Crippen LogP contribution in [0.15, 0.2) is 12.1 Å². The molecule has 0 heterocycles. The molecule has 0 spiro atoms. The highest BCUT2D eigenvalue weighted by Crippen LogP contribution is 2.37. The summed E-state index contributed by atoms with van der Waals surface area (Å²) in [4.78, 5) is 2.29. The Labute approximate surface area is 126 Å². The van der Waals surface area contributed by atoms with Crippen molar-refractivity contribution >= 4 is 5.69 Å². The Balaban J connectivity index is 2.38. The molecule has 4 heteroatoms. The average Bonchev–Trinajstić information content (AvgIpc) is 3.27. The summed E-state index contributed by atoms with van der Waals surface area (Å²) in [6.45, 7) is 7.48. The molecule has 1 fully saturated rings. The van der Waals surface area contributed by atoms with Gasteiger partial charge in [-0.3, -0.25) is 0 Å². The molecule has 0 radical (unpaired) electrons. The standard InChI is InChI=1S/C17H24FN3/c1-4-20-13(3)15-11-16(18)12(2)10-17(15)21(9-5-8-19)14-6-7-14/h10-11,13-14,20H,4-7,9H2,1-3H3. The first-order valence-electron chi connectivity index (χ1n) is 7.75. The van der Waals surface area contributed by atoms with Crippen molar-refractivity contribution in [1.29, 1.82) is 5.26 Å². The van der Waals surface area contributed by atoms with E-state index in [1.165, 1.54) is 0 Å². The lowest BCUT2D eigenvalue weighted by molar-refractivity contribution is 0.577. The fourth-order valence-electron chi connectivity index (χ4n) is 2.75. The van der Waals surface area contributed by atoms with E-state index in [2.05, 4.69) is 30.1 Å². The summed E-state index contributed by atoms with van der Waals surface area (Å²) in [6, 6.07) is 6.42. The van der Waals surface area contributed by atoms with Crippen molar-refractivity contribution in [2.75, 3.05) is 18.0 Å². The first kappa shape index (κ1) is 15.8. The van der Waals surface area contributed by atoms with Crippen molar-refractivity contribution in [2.45, 2.75) is 52.1 Å². The van der Waals surface area contributed by atoms with Gasteiger partial charge in [0.2, 0.25) is 0 Å². The van der Waals surface area contributed by atoms with Gasteiger partial charge in [-0.25, -0.2) is 4.39 Å². The first-order valence-corrected chi connectivity index (χ1v) is 7.75. The monoisotopic (exact) mass is 289 g/mol. The predicted molar refractivity (Wildman–Crippen MR) is 83.8 cm³/mol. The van der Waals surface area contributed by atoms with Gasteiger partial charge in [-0.1, -0.05) is 6.92 Å². The molecule has 1 aromatic carbocycles. The number of halogens is 1. The van der Waals surface area contributed by atoms with Gasteiger partial charge in [0.1, 0.15) is 5.82 Å². The van der Waals surface area contributed by atoms with Gasteiger partial charge < -0.3 is 10.2 Å². The second-order valence-corrected chi connectivity index (χ2v) is 5.77. The van der Waals surface area contributed by atoms with E-state index in [0.29, 0.717) is 18.0 Å². The van der Waals surface area contributed by atoms with E-state index in [4.69, 9.17) is 5.26 Å². The van der Waals surface area contributed by atoms with Crippen LogP contribution in [0.4, 0.5) is 10.1 Å². The van der Waals surface area contributed by atoms with Crippen molar-refractivity contribution < 1.29 is 4.39 Å². The lowest BCUT2D eigenvalue weighted by Crippen LogP contribution is -2.30. The smallest absolute Gasteiger partial charge is 0.126 e. The van der Waals surface area contributed by atoms with Crippen LogP contribution in [0.25, 0.3) is 0 Å². The zero-order chi connectivity index (χ0) is 15.4. The van der Waals surface area contributed by atoms with Crippen molar-refractivity contribution in [3.05, 3.63) is 29.1 Å². The Bertz CT molecular complexity index is 532. The van der Waals surface area contributed by atoms with Crippen LogP contribution < -0.4 is 10.2 Å². The molecule has 2 rings (SSSR count). The largest absolute Gasteiger partial charge is 0.367 e. The van der Waals surface area contributed by atoms with Crippen LogP contribution >= 0.6 is 0 Å². The number of hydrogen-bond acceptors (Lipinski definition) is 3. The third kappa shape index (κ3) is 3.74. The zero-order valence-electron chi connectivity index (χ0n) is 13.1. The summed E-state index contributed by atoms with van der Waals surface area (Å²) in [5, 5.41) is 12.2. The van der Waals surface area contributed by atoms with Crippen LogP contribution in [0.1, 0.15) is 50.3 Å². The second kappa shape index (κ2) is 6.91. The van der Waals surface area contributed by atoms with Crippen LogP contribution in [0.3, 0.4) is 0 Å². The van der Waals surface area contributed by atoms with Crippen molar-refractivity contribution in [3.63, 3.8) is 0 Å². The van der Waals surface area contributed by atoms with Crippen LogP contribution in [-0.4, -0.2) is 19.1 Å². The number of benzene rings is 1. The van der Waals surface area contributed by atoms with E-state index >= 15 is 0 Å². The van der Waals surface area contributed by atoms with Crippen molar-refractivity contribution in [3.8, 4) is 6.07 Å². The van der Waals surface area contributed by atoms with Gasteiger partial charge in [0, 0.05) is 24.3 Å². The summed E-state index contributed by atoms with van der Waals surface area (Å²) >= 11 is 0. The molecule has 1 aliphatic rings. The molecule has 1 N–H and O–H groups in total. The summed E-state index contributed by atoms with van der Waals surface area (Å²) in [5.74, 6) is -0.158. The lowest BCUT2D eigenvalue weighted by atomic mass is 10.0. The second-order valence-electron chi connectivity index (χ2n) is 5.77. The summed E-state index contributed by atoms with van der Waals surface area (Å²) in [5.41, 5.74) is 2.74. The molecule has 1 unspecified atom stereocenters. The van der Waals surface area contributed by atoms with E-state index in [0.717, 1.165) is 37.2 Å². The normalized spacial score (nSPS) is 15.6. The number of nitriles is 1. The van der Waals surface area contributed by atoms with Crippen LogP contribution in [-0.2, 0) is 0 Å². The molecule has 1 saturated carbocycles. The molecule has 0 bridgehead atoms. The predicted octanol–water partition coefficient (Wildman–Crippen LogP) is 3.69. The maximum atomic E-state index is 14.0. The molecule has 1 aliphatic carbocycles. The molecule has 1 aromatic rings. The molecular formula is C17H24FN3.